The van der Waals surface area contributed by atoms with Crippen LogP contribution in [-0.2, 0) is 9.47 Å². The molecule has 114 valence electrons. The first-order chi connectivity index (χ1) is 10.1. The number of ether oxygens (including phenoxy) is 2. The lowest BCUT2D eigenvalue weighted by Crippen LogP contribution is -2.56. The van der Waals surface area contributed by atoms with E-state index in [0.29, 0.717) is 6.61 Å². The van der Waals surface area contributed by atoms with Crippen LogP contribution in [0.4, 0.5) is 5.69 Å². The van der Waals surface area contributed by atoms with E-state index in [-0.39, 0.29) is 23.9 Å². The van der Waals surface area contributed by atoms with Crippen LogP contribution in [0.2, 0.25) is 0 Å². The van der Waals surface area contributed by atoms with E-state index in [4.69, 9.17) is 9.47 Å². The van der Waals surface area contributed by atoms with Gasteiger partial charge in [0.25, 0.3) is 0 Å². The van der Waals surface area contributed by atoms with Crippen molar-refractivity contribution in [2.75, 3.05) is 19.0 Å². The fourth-order valence-electron chi connectivity index (χ4n) is 2.78. The molecule has 6 nitrogen and oxygen atoms in total. The molecule has 3 N–H and O–H groups in total. The molecule has 0 bridgehead atoms. The van der Waals surface area contributed by atoms with E-state index in [9.17, 15) is 4.79 Å². The second-order valence-corrected chi connectivity index (χ2v) is 5.99. The zero-order valence-electron chi connectivity index (χ0n) is 11.9. The van der Waals surface area contributed by atoms with E-state index in [1.165, 1.54) is 0 Å². The molecule has 7 heteroatoms. The molecule has 1 aromatic heterocycles. The minimum Gasteiger partial charge on any atom is -0.379 e. The molecule has 3 atom stereocenters. The van der Waals surface area contributed by atoms with Crippen molar-refractivity contribution in [2.45, 2.75) is 31.6 Å². The first-order valence-corrected chi connectivity index (χ1v) is 7.74. The minimum atomic E-state index is -0.205. The Balaban J connectivity index is 1.79. The number of H-pyrrole nitrogens is 2. The third-order valence-electron chi connectivity index (χ3n) is 3.85. The first kappa shape index (κ1) is 14.6. The molecule has 1 saturated carbocycles. The highest BCUT2D eigenvalue weighted by molar-refractivity contribution is 9.10. The third-order valence-corrected chi connectivity index (χ3v) is 4.50. The number of anilines is 1. The largest absolute Gasteiger partial charge is 0.379 e. The van der Waals surface area contributed by atoms with E-state index in [1.54, 1.807) is 7.11 Å². The minimum absolute atomic E-state index is 0.0396. The molecule has 0 amide bonds. The number of hydrogen-bond donors (Lipinski definition) is 3. The van der Waals surface area contributed by atoms with Crippen LogP contribution in [0.15, 0.2) is 21.4 Å². The standard InChI is InChI=1S/C14H18BrN3O3/c1-3-21-12-6-11(13(12)20-2)16-8-5-10-9(4-7(8)15)17-14(19)18-10/h4-5,11-13,16H,3,6H2,1-2H3,(H2,17,18,19). The zero-order chi connectivity index (χ0) is 15.0. The molecule has 1 fully saturated rings. The molecule has 0 aliphatic heterocycles. The highest BCUT2D eigenvalue weighted by Gasteiger charge is 2.42. The Labute approximate surface area is 130 Å². The Bertz CT molecular complexity index is 696. The van der Waals surface area contributed by atoms with Gasteiger partial charge in [-0.05, 0) is 41.4 Å². The van der Waals surface area contributed by atoms with Gasteiger partial charge in [0.1, 0.15) is 6.10 Å². The Kier molecular flexibility index (Phi) is 4.05. The van der Waals surface area contributed by atoms with Crippen molar-refractivity contribution in [1.29, 1.82) is 0 Å². The lowest BCUT2D eigenvalue weighted by molar-refractivity contribution is -0.118. The summed E-state index contributed by atoms with van der Waals surface area (Å²) in [6.07, 6.45) is 1.09. The number of hydrogen-bond acceptors (Lipinski definition) is 4. The number of aromatic amines is 2. The Hall–Kier alpha value is -1.31. The van der Waals surface area contributed by atoms with Crippen molar-refractivity contribution in [3.8, 4) is 0 Å². The van der Waals surface area contributed by atoms with Gasteiger partial charge in [-0.2, -0.15) is 0 Å². The predicted octanol–water partition coefficient (Wildman–Crippen LogP) is 2.22. The second kappa shape index (κ2) is 5.82. The quantitative estimate of drug-likeness (QED) is 0.768. The van der Waals surface area contributed by atoms with Crippen LogP contribution < -0.4 is 11.0 Å². The average Bonchev–Trinajstić information content (AvgIpc) is 2.77. The molecule has 0 spiro atoms. The summed E-state index contributed by atoms with van der Waals surface area (Å²) in [5, 5.41) is 3.45. The van der Waals surface area contributed by atoms with Crippen LogP contribution in [0.3, 0.4) is 0 Å². The van der Waals surface area contributed by atoms with Crippen LogP contribution in [0.25, 0.3) is 11.0 Å². The number of imidazole rings is 1. The zero-order valence-corrected chi connectivity index (χ0v) is 13.5. The van der Waals surface area contributed by atoms with Crippen LogP contribution in [0, 0.1) is 0 Å². The summed E-state index contributed by atoms with van der Waals surface area (Å²) in [5.74, 6) is 0. The van der Waals surface area contributed by atoms with Crippen LogP contribution in [0.1, 0.15) is 13.3 Å². The van der Waals surface area contributed by atoms with Gasteiger partial charge in [-0.25, -0.2) is 4.79 Å². The lowest BCUT2D eigenvalue weighted by atomic mass is 9.85. The molecule has 3 rings (SSSR count). The predicted molar refractivity (Wildman–Crippen MR) is 84.9 cm³/mol. The molecule has 1 heterocycles. The maximum Gasteiger partial charge on any atom is 0.323 e. The summed E-state index contributed by atoms with van der Waals surface area (Å²) in [6, 6.07) is 4.00. The smallest absolute Gasteiger partial charge is 0.323 e. The Morgan fingerprint density at radius 3 is 2.76 bits per heavy atom. The first-order valence-electron chi connectivity index (χ1n) is 6.95. The Morgan fingerprint density at radius 1 is 1.38 bits per heavy atom. The van der Waals surface area contributed by atoms with Crippen LogP contribution in [0.5, 0.6) is 0 Å². The van der Waals surface area contributed by atoms with E-state index in [2.05, 4.69) is 31.2 Å². The molecule has 0 radical (unpaired) electrons. The number of rotatable bonds is 5. The van der Waals surface area contributed by atoms with Gasteiger partial charge in [0.15, 0.2) is 0 Å². The highest BCUT2D eigenvalue weighted by atomic mass is 79.9. The number of fused-ring (bicyclic) bond motifs is 1. The van der Waals surface area contributed by atoms with Crippen LogP contribution in [-0.4, -0.2) is 41.9 Å². The number of aromatic nitrogens is 2. The molecule has 1 aliphatic rings. The maximum atomic E-state index is 11.3. The summed E-state index contributed by atoms with van der Waals surface area (Å²) >= 11 is 3.53. The van der Waals surface area contributed by atoms with Gasteiger partial charge in [0.2, 0.25) is 0 Å². The van der Waals surface area contributed by atoms with Gasteiger partial charge in [0.05, 0.1) is 28.9 Å². The van der Waals surface area contributed by atoms with Crippen molar-refractivity contribution in [3.63, 3.8) is 0 Å². The summed E-state index contributed by atoms with van der Waals surface area (Å²) < 4.78 is 12.0. The second-order valence-electron chi connectivity index (χ2n) is 5.14. The topological polar surface area (TPSA) is 79.1 Å². The average molecular weight is 356 g/mol. The SMILES string of the molecule is CCOC1CC(Nc2cc3[nH]c(=O)[nH]c3cc2Br)C1OC. The maximum absolute atomic E-state index is 11.3. The number of halogens is 1. The molecule has 1 aromatic carbocycles. The number of benzene rings is 1. The van der Waals surface area contributed by atoms with Gasteiger partial charge >= 0.3 is 5.69 Å². The molecule has 1 aliphatic carbocycles. The summed E-state index contributed by atoms with van der Waals surface area (Å²) in [4.78, 5) is 16.8. The number of nitrogens with one attached hydrogen (secondary N) is 3. The van der Waals surface area contributed by atoms with Gasteiger partial charge in [-0.1, -0.05) is 0 Å². The normalized spacial score (nSPS) is 25.0. The molecular weight excluding hydrogens is 338 g/mol. The van der Waals surface area contributed by atoms with E-state index in [1.807, 2.05) is 19.1 Å². The lowest BCUT2D eigenvalue weighted by Gasteiger charge is -2.43. The molecule has 3 unspecified atom stereocenters. The Morgan fingerprint density at radius 2 is 2.10 bits per heavy atom. The monoisotopic (exact) mass is 355 g/mol. The van der Waals surface area contributed by atoms with Gasteiger partial charge < -0.3 is 24.8 Å². The number of methoxy groups -OCH3 is 1. The van der Waals surface area contributed by atoms with Crippen molar-refractivity contribution in [2.24, 2.45) is 0 Å². The molecule has 2 aromatic rings. The van der Waals surface area contributed by atoms with Gasteiger partial charge in [0, 0.05) is 18.2 Å². The fourth-order valence-corrected chi connectivity index (χ4v) is 3.24. The summed E-state index contributed by atoms with van der Waals surface area (Å²) in [7, 11) is 1.70. The van der Waals surface area contributed by atoms with Crippen molar-refractivity contribution in [1.82, 2.24) is 9.97 Å². The van der Waals surface area contributed by atoms with E-state index in [0.717, 1.165) is 27.6 Å². The third kappa shape index (κ3) is 2.73. The fraction of sp³-hybridized carbons (Fsp3) is 0.500. The summed E-state index contributed by atoms with van der Waals surface area (Å²) in [5.41, 5.74) is 2.28. The molecular formula is C14H18BrN3O3. The molecule has 21 heavy (non-hydrogen) atoms. The van der Waals surface area contributed by atoms with E-state index >= 15 is 0 Å². The van der Waals surface area contributed by atoms with E-state index < -0.39 is 0 Å². The van der Waals surface area contributed by atoms with Gasteiger partial charge in [-0.3, -0.25) is 0 Å². The van der Waals surface area contributed by atoms with Crippen LogP contribution >= 0.6 is 15.9 Å². The van der Waals surface area contributed by atoms with Crippen molar-refractivity contribution >= 4 is 32.7 Å². The van der Waals surface area contributed by atoms with Crippen molar-refractivity contribution < 1.29 is 9.47 Å². The van der Waals surface area contributed by atoms with Gasteiger partial charge in [-0.15, -0.1) is 0 Å². The summed E-state index contributed by atoms with van der Waals surface area (Å²) in [6.45, 7) is 2.68. The molecule has 0 saturated heterocycles. The van der Waals surface area contributed by atoms with Crippen molar-refractivity contribution in [3.05, 3.63) is 27.1 Å². The highest BCUT2D eigenvalue weighted by Crippen LogP contribution is 2.33.